The monoisotopic (exact) mass is 154 g/mol. The predicted octanol–water partition coefficient (Wildman–Crippen LogP) is 0.184. The average Bonchev–Trinajstić information content (AvgIpc) is 2.25. The SMILES string of the molecule is N#CC1CSC2CC(=O)N12. The normalized spacial score (nSPS) is 36.7. The van der Waals surface area contributed by atoms with E-state index in [1.54, 1.807) is 16.7 Å². The van der Waals surface area contributed by atoms with Crippen molar-refractivity contribution in [3.63, 3.8) is 0 Å². The first-order valence-corrected chi connectivity index (χ1v) is 4.20. The van der Waals surface area contributed by atoms with E-state index in [0.29, 0.717) is 11.8 Å². The van der Waals surface area contributed by atoms with Gasteiger partial charge in [-0.15, -0.1) is 11.8 Å². The highest BCUT2D eigenvalue weighted by molar-refractivity contribution is 8.00. The Morgan fingerprint density at radius 3 is 3.10 bits per heavy atom. The van der Waals surface area contributed by atoms with E-state index in [-0.39, 0.29) is 11.9 Å². The topological polar surface area (TPSA) is 44.1 Å². The molecule has 3 nitrogen and oxygen atoms in total. The molecule has 1 amide bonds. The van der Waals surface area contributed by atoms with Crippen LogP contribution in [0.15, 0.2) is 0 Å². The fraction of sp³-hybridized carbons (Fsp3) is 0.667. The zero-order valence-corrected chi connectivity index (χ0v) is 6.10. The molecule has 0 bridgehead atoms. The van der Waals surface area contributed by atoms with Gasteiger partial charge in [-0.2, -0.15) is 5.26 Å². The number of hydrogen-bond acceptors (Lipinski definition) is 3. The number of rotatable bonds is 0. The molecule has 2 saturated heterocycles. The average molecular weight is 154 g/mol. The Morgan fingerprint density at radius 1 is 1.80 bits per heavy atom. The maximum absolute atomic E-state index is 10.8. The van der Waals surface area contributed by atoms with Crippen molar-refractivity contribution in [1.29, 1.82) is 5.26 Å². The molecule has 2 atom stereocenters. The lowest BCUT2D eigenvalue weighted by atomic mass is 10.1. The molecule has 2 aliphatic heterocycles. The van der Waals surface area contributed by atoms with Crippen molar-refractivity contribution in [3.8, 4) is 6.07 Å². The van der Waals surface area contributed by atoms with Crippen molar-refractivity contribution in [2.24, 2.45) is 0 Å². The number of hydrogen-bond donors (Lipinski definition) is 0. The summed E-state index contributed by atoms with van der Waals surface area (Å²) < 4.78 is 0. The maximum Gasteiger partial charge on any atom is 0.227 e. The first-order chi connectivity index (χ1) is 4.83. The highest BCUT2D eigenvalue weighted by Gasteiger charge is 2.46. The van der Waals surface area contributed by atoms with Crippen LogP contribution in [0.3, 0.4) is 0 Å². The number of fused-ring (bicyclic) bond motifs is 1. The summed E-state index contributed by atoms with van der Waals surface area (Å²) in [5, 5.41) is 8.88. The van der Waals surface area contributed by atoms with Crippen molar-refractivity contribution in [1.82, 2.24) is 4.90 Å². The fourth-order valence-electron chi connectivity index (χ4n) is 1.30. The van der Waals surface area contributed by atoms with Crippen molar-refractivity contribution in [2.45, 2.75) is 17.8 Å². The highest BCUT2D eigenvalue weighted by atomic mass is 32.2. The molecule has 0 aromatic heterocycles. The zero-order chi connectivity index (χ0) is 7.14. The minimum atomic E-state index is -0.142. The Hall–Kier alpha value is -0.690. The maximum atomic E-state index is 10.8. The van der Waals surface area contributed by atoms with E-state index in [1.165, 1.54) is 0 Å². The van der Waals surface area contributed by atoms with E-state index in [2.05, 4.69) is 6.07 Å². The second-order valence-corrected chi connectivity index (χ2v) is 3.65. The Morgan fingerprint density at radius 2 is 2.60 bits per heavy atom. The number of carbonyl (C=O) groups excluding carboxylic acids is 1. The van der Waals surface area contributed by atoms with E-state index >= 15 is 0 Å². The lowest BCUT2D eigenvalue weighted by Crippen LogP contribution is -2.51. The van der Waals surface area contributed by atoms with Crippen molar-refractivity contribution in [3.05, 3.63) is 0 Å². The summed E-state index contributed by atoms with van der Waals surface area (Å²) >= 11 is 1.71. The summed E-state index contributed by atoms with van der Waals surface area (Å²) in [6, 6.07) is 1.97. The molecule has 2 heterocycles. The number of β-lactam (4-membered cyclic amide) rings is 1. The molecule has 10 heavy (non-hydrogen) atoms. The van der Waals surface area contributed by atoms with Crippen LogP contribution in [0.2, 0.25) is 0 Å². The van der Waals surface area contributed by atoms with Crippen molar-refractivity contribution < 1.29 is 4.79 Å². The van der Waals surface area contributed by atoms with E-state index in [1.807, 2.05) is 0 Å². The van der Waals surface area contributed by atoms with Gasteiger partial charge in [0.2, 0.25) is 5.91 Å². The Kier molecular flexibility index (Phi) is 1.15. The summed E-state index contributed by atoms with van der Waals surface area (Å²) in [7, 11) is 0. The number of carbonyl (C=O) groups is 1. The Labute approximate surface area is 63.0 Å². The molecule has 52 valence electrons. The van der Waals surface area contributed by atoms with Gasteiger partial charge >= 0.3 is 0 Å². The summed E-state index contributed by atoms with van der Waals surface area (Å²) in [5.74, 6) is 0.939. The van der Waals surface area contributed by atoms with Crippen molar-refractivity contribution >= 4 is 17.7 Å². The van der Waals surface area contributed by atoms with Crippen LogP contribution in [0.5, 0.6) is 0 Å². The van der Waals surface area contributed by atoms with Crippen LogP contribution in [0, 0.1) is 11.3 Å². The van der Waals surface area contributed by atoms with E-state index in [9.17, 15) is 4.79 Å². The molecule has 2 rings (SSSR count). The van der Waals surface area contributed by atoms with Crippen LogP contribution in [-0.2, 0) is 4.79 Å². The number of amides is 1. The second kappa shape index (κ2) is 1.89. The standard InChI is InChI=1S/C6H6N2OS/c7-2-4-3-10-6-1-5(9)8(4)6/h4,6H,1,3H2. The van der Waals surface area contributed by atoms with Crippen LogP contribution in [-0.4, -0.2) is 28.0 Å². The van der Waals surface area contributed by atoms with Gasteiger partial charge in [0.05, 0.1) is 17.9 Å². The van der Waals surface area contributed by atoms with Crippen LogP contribution in [0.25, 0.3) is 0 Å². The largest absolute Gasteiger partial charge is 0.313 e. The van der Waals surface area contributed by atoms with Gasteiger partial charge in [0.25, 0.3) is 0 Å². The van der Waals surface area contributed by atoms with Gasteiger partial charge < -0.3 is 4.90 Å². The number of nitriles is 1. The highest BCUT2D eigenvalue weighted by Crippen LogP contribution is 2.38. The third-order valence-corrected chi connectivity index (χ3v) is 3.17. The summed E-state index contributed by atoms with van der Waals surface area (Å²) in [5.41, 5.74) is 0. The molecule has 0 saturated carbocycles. The van der Waals surface area contributed by atoms with E-state index in [0.717, 1.165) is 5.75 Å². The third-order valence-electron chi connectivity index (χ3n) is 1.88. The summed E-state index contributed by atoms with van der Waals surface area (Å²) in [4.78, 5) is 12.5. The molecule has 0 N–H and O–H groups in total. The Balaban J connectivity index is 2.16. The molecule has 0 radical (unpaired) electrons. The first kappa shape index (κ1) is 6.05. The molecule has 4 heteroatoms. The molecule has 2 unspecified atom stereocenters. The van der Waals surface area contributed by atoms with Gasteiger partial charge in [0.15, 0.2) is 0 Å². The number of nitrogens with zero attached hydrogens (tertiary/aromatic N) is 2. The lowest BCUT2D eigenvalue weighted by molar-refractivity contribution is -0.141. The minimum absolute atomic E-state index is 0.140. The molecular weight excluding hydrogens is 148 g/mol. The smallest absolute Gasteiger partial charge is 0.227 e. The van der Waals surface area contributed by atoms with Gasteiger partial charge in [0, 0.05) is 5.75 Å². The van der Waals surface area contributed by atoms with Gasteiger partial charge in [-0.05, 0) is 0 Å². The minimum Gasteiger partial charge on any atom is -0.313 e. The first-order valence-electron chi connectivity index (χ1n) is 3.15. The predicted molar refractivity (Wildman–Crippen MR) is 37.1 cm³/mol. The zero-order valence-electron chi connectivity index (χ0n) is 5.28. The molecule has 2 fully saturated rings. The fourth-order valence-corrected chi connectivity index (χ4v) is 2.62. The Bertz CT molecular complexity index is 222. The lowest BCUT2D eigenvalue weighted by Gasteiger charge is -2.34. The van der Waals surface area contributed by atoms with E-state index < -0.39 is 0 Å². The summed E-state index contributed by atoms with van der Waals surface area (Å²) in [6.45, 7) is 0. The molecule has 0 aliphatic carbocycles. The molecule has 0 spiro atoms. The molecule has 0 aromatic carbocycles. The van der Waals surface area contributed by atoms with Crippen LogP contribution in [0.4, 0.5) is 0 Å². The van der Waals surface area contributed by atoms with E-state index in [4.69, 9.17) is 5.26 Å². The second-order valence-electron chi connectivity index (χ2n) is 2.44. The molecule has 0 aromatic rings. The van der Waals surface area contributed by atoms with Crippen molar-refractivity contribution in [2.75, 3.05) is 5.75 Å². The van der Waals surface area contributed by atoms with Gasteiger partial charge in [0.1, 0.15) is 6.04 Å². The quantitative estimate of drug-likeness (QED) is 0.468. The molecular formula is C6H6N2OS. The van der Waals surface area contributed by atoms with Gasteiger partial charge in [-0.25, -0.2) is 0 Å². The van der Waals surface area contributed by atoms with Crippen LogP contribution >= 0.6 is 11.8 Å². The number of thioether (sulfide) groups is 1. The summed E-state index contributed by atoms with van der Waals surface area (Å²) in [6.07, 6.45) is 0.642. The van der Waals surface area contributed by atoms with Gasteiger partial charge in [-0.1, -0.05) is 0 Å². The molecule has 2 aliphatic rings. The van der Waals surface area contributed by atoms with Gasteiger partial charge in [-0.3, -0.25) is 4.79 Å². The van der Waals surface area contributed by atoms with Crippen LogP contribution in [0.1, 0.15) is 6.42 Å². The third kappa shape index (κ3) is 0.585. The van der Waals surface area contributed by atoms with Crippen LogP contribution < -0.4 is 0 Å².